The maximum absolute atomic E-state index is 6.07. The van der Waals surface area contributed by atoms with Gasteiger partial charge < -0.3 is 20.3 Å². The van der Waals surface area contributed by atoms with Crippen LogP contribution in [-0.2, 0) is 4.74 Å². The second-order valence-corrected chi connectivity index (χ2v) is 8.58. The lowest BCUT2D eigenvalue weighted by molar-refractivity contribution is -0.113. The molecule has 0 radical (unpaired) electrons. The van der Waals surface area contributed by atoms with Gasteiger partial charge in [0.1, 0.15) is 0 Å². The maximum atomic E-state index is 6.07. The summed E-state index contributed by atoms with van der Waals surface area (Å²) in [5.74, 6) is 0.944. The minimum absolute atomic E-state index is 0.145. The molecule has 26 heavy (non-hydrogen) atoms. The Morgan fingerprint density at radius 3 is 2.65 bits per heavy atom. The molecule has 2 N–H and O–H groups in total. The largest absolute Gasteiger partial charge is 0.378 e. The smallest absolute Gasteiger partial charge is 0.191 e. The highest BCUT2D eigenvalue weighted by Gasteiger charge is 2.49. The van der Waals surface area contributed by atoms with Crippen LogP contribution in [0.25, 0.3) is 0 Å². The molecule has 3 atom stereocenters. The molecule has 0 aromatic heterocycles. The maximum Gasteiger partial charge on any atom is 0.191 e. The van der Waals surface area contributed by atoms with Gasteiger partial charge in [-0.05, 0) is 33.9 Å². The number of rotatable bonds is 8. The summed E-state index contributed by atoms with van der Waals surface area (Å²) in [6.07, 6.45) is 3.76. The molecular weight excluding hydrogens is 326 g/mol. The van der Waals surface area contributed by atoms with Crippen molar-refractivity contribution in [3.05, 3.63) is 0 Å². The first-order chi connectivity index (χ1) is 12.4. The Morgan fingerprint density at radius 1 is 1.23 bits per heavy atom. The SMILES string of the molecule is CCCCOC1CC(NC(=NCC2CN(C)CCN2C)NCC)C1(C)C. The summed E-state index contributed by atoms with van der Waals surface area (Å²) < 4.78 is 6.07. The van der Waals surface area contributed by atoms with Crippen molar-refractivity contribution in [3.63, 3.8) is 0 Å². The first-order valence-electron chi connectivity index (χ1n) is 10.4. The number of unbranched alkanes of at least 4 members (excludes halogenated alkanes) is 1. The van der Waals surface area contributed by atoms with Gasteiger partial charge in [-0.25, -0.2) is 0 Å². The number of likely N-dealkylation sites (N-methyl/N-ethyl adjacent to an activating group) is 2. The van der Waals surface area contributed by atoms with Crippen LogP contribution in [-0.4, -0.2) is 87.4 Å². The quantitative estimate of drug-likeness (QED) is 0.389. The summed E-state index contributed by atoms with van der Waals surface area (Å²) >= 11 is 0. The molecule has 1 aliphatic carbocycles. The second-order valence-electron chi connectivity index (χ2n) is 8.58. The van der Waals surface area contributed by atoms with E-state index in [0.29, 0.717) is 18.2 Å². The average Bonchev–Trinajstić information content (AvgIpc) is 2.60. The molecular formula is C20H41N5O. The third-order valence-electron chi connectivity index (χ3n) is 6.09. The number of hydrogen-bond acceptors (Lipinski definition) is 4. The van der Waals surface area contributed by atoms with Crippen LogP contribution in [0.2, 0.25) is 0 Å². The Bertz CT molecular complexity index is 453. The van der Waals surface area contributed by atoms with Gasteiger partial charge in [0.15, 0.2) is 5.96 Å². The minimum Gasteiger partial charge on any atom is -0.378 e. The molecule has 0 spiro atoms. The molecule has 3 unspecified atom stereocenters. The van der Waals surface area contributed by atoms with E-state index in [9.17, 15) is 0 Å². The Balaban J connectivity index is 1.87. The molecule has 2 fully saturated rings. The van der Waals surface area contributed by atoms with E-state index in [0.717, 1.165) is 58.1 Å². The summed E-state index contributed by atoms with van der Waals surface area (Å²) in [6.45, 7) is 14.9. The van der Waals surface area contributed by atoms with E-state index < -0.39 is 0 Å². The van der Waals surface area contributed by atoms with Crippen LogP contribution >= 0.6 is 0 Å². The average molecular weight is 368 g/mol. The third-order valence-corrected chi connectivity index (χ3v) is 6.09. The number of nitrogens with zero attached hydrogens (tertiary/aromatic N) is 3. The summed E-state index contributed by atoms with van der Waals surface area (Å²) in [5, 5.41) is 7.08. The fraction of sp³-hybridized carbons (Fsp3) is 0.950. The van der Waals surface area contributed by atoms with Crippen molar-refractivity contribution in [1.82, 2.24) is 20.4 Å². The van der Waals surface area contributed by atoms with Crippen LogP contribution in [0.1, 0.15) is 47.0 Å². The van der Waals surface area contributed by atoms with Crippen LogP contribution in [0, 0.1) is 5.41 Å². The van der Waals surface area contributed by atoms with Crippen LogP contribution in [0.15, 0.2) is 4.99 Å². The van der Waals surface area contributed by atoms with Gasteiger partial charge in [-0.2, -0.15) is 0 Å². The van der Waals surface area contributed by atoms with E-state index in [1.807, 2.05) is 0 Å². The first kappa shape index (κ1) is 21.5. The Labute approximate surface area is 160 Å². The minimum atomic E-state index is 0.145. The molecule has 1 saturated heterocycles. The lowest BCUT2D eigenvalue weighted by atomic mass is 9.64. The van der Waals surface area contributed by atoms with Crippen molar-refractivity contribution in [2.24, 2.45) is 10.4 Å². The van der Waals surface area contributed by atoms with Crippen LogP contribution in [0.4, 0.5) is 0 Å². The topological polar surface area (TPSA) is 52.1 Å². The summed E-state index contributed by atoms with van der Waals surface area (Å²) in [5.41, 5.74) is 0.145. The first-order valence-corrected chi connectivity index (χ1v) is 10.4. The lowest BCUT2D eigenvalue weighted by Gasteiger charge is -2.52. The molecule has 0 bridgehead atoms. The molecule has 1 aliphatic heterocycles. The molecule has 1 saturated carbocycles. The van der Waals surface area contributed by atoms with E-state index >= 15 is 0 Å². The van der Waals surface area contributed by atoms with Crippen molar-refractivity contribution in [3.8, 4) is 0 Å². The van der Waals surface area contributed by atoms with Crippen molar-refractivity contribution in [2.45, 2.75) is 65.1 Å². The van der Waals surface area contributed by atoms with Crippen molar-refractivity contribution >= 4 is 5.96 Å². The van der Waals surface area contributed by atoms with E-state index in [1.165, 1.54) is 6.42 Å². The molecule has 0 amide bonds. The normalized spacial score (nSPS) is 30.1. The molecule has 6 nitrogen and oxygen atoms in total. The molecule has 2 aliphatic rings. The molecule has 152 valence electrons. The Kier molecular flexibility index (Phi) is 8.17. The lowest BCUT2D eigenvalue weighted by Crippen LogP contribution is -2.63. The number of guanidine groups is 1. The zero-order chi connectivity index (χ0) is 19.2. The van der Waals surface area contributed by atoms with Crippen molar-refractivity contribution < 1.29 is 4.74 Å². The molecule has 2 rings (SSSR count). The van der Waals surface area contributed by atoms with E-state index in [1.54, 1.807) is 0 Å². The second kappa shape index (κ2) is 9.90. The molecule has 6 heteroatoms. The molecule has 0 aromatic rings. The van der Waals surface area contributed by atoms with Gasteiger partial charge in [0.05, 0.1) is 12.6 Å². The number of piperazine rings is 1. The number of ether oxygens (including phenoxy) is 1. The fourth-order valence-electron chi connectivity index (χ4n) is 3.76. The van der Waals surface area contributed by atoms with E-state index in [2.05, 4.69) is 62.2 Å². The number of nitrogens with one attached hydrogen (secondary N) is 2. The van der Waals surface area contributed by atoms with Crippen LogP contribution in [0.3, 0.4) is 0 Å². The van der Waals surface area contributed by atoms with Crippen LogP contribution < -0.4 is 10.6 Å². The van der Waals surface area contributed by atoms with Crippen LogP contribution in [0.5, 0.6) is 0 Å². The standard InChI is InChI=1S/C20H41N5O/c1-7-9-12-26-18-13-17(20(18,3)4)23-19(21-8-2)22-14-16-15-24(5)10-11-25(16)6/h16-18H,7-15H2,1-6H3,(H2,21,22,23). The highest BCUT2D eigenvalue weighted by molar-refractivity contribution is 5.80. The van der Waals surface area contributed by atoms with E-state index in [4.69, 9.17) is 9.73 Å². The fourth-order valence-corrected chi connectivity index (χ4v) is 3.76. The predicted octanol–water partition coefficient (Wildman–Crippen LogP) is 1.77. The summed E-state index contributed by atoms with van der Waals surface area (Å²) in [4.78, 5) is 9.72. The van der Waals surface area contributed by atoms with Gasteiger partial charge in [-0.3, -0.25) is 9.89 Å². The van der Waals surface area contributed by atoms with E-state index in [-0.39, 0.29) is 5.41 Å². The number of aliphatic imine (C=N–C) groups is 1. The summed E-state index contributed by atoms with van der Waals surface area (Å²) in [6, 6.07) is 0.905. The van der Waals surface area contributed by atoms with Gasteiger partial charge in [0.2, 0.25) is 0 Å². The van der Waals surface area contributed by atoms with Gasteiger partial charge in [0.25, 0.3) is 0 Å². The highest BCUT2D eigenvalue weighted by Crippen LogP contribution is 2.42. The third kappa shape index (κ3) is 5.57. The van der Waals surface area contributed by atoms with Gasteiger partial charge in [-0.1, -0.05) is 27.2 Å². The van der Waals surface area contributed by atoms with Gasteiger partial charge in [0, 0.05) is 50.3 Å². The number of hydrogen-bond donors (Lipinski definition) is 2. The highest BCUT2D eigenvalue weighted by atomic mass is 16.5. The monoisotopic (exact) mass is 367 g/mol. The predicted molar refractivity (Wildman–Crippen MR) is 110 cm³/mol. The zero-order valence-corrected chi connectivity index (χ0v) is 17.8. The summed E-state index contributed by atoms with van der Waals surface area (Å²) in [7, 11) is 4.41. The van der Waals surface area contributed by atoms with Crippen molar-refractivity contribution in [2.75, 3.05) is 53.4 Å². The molecule has 0 aromatic carbocycles. The van der Waals surface area contributed by atoms with Crippen molar-refractivity contribution in [1.29, 1.82) is 0 Å². The van der Waals surface area contributed by atoms with Gasteiger partial charge >= 0.3 is 0 Å². The Morgan fingerprint density at radius 2 is 2.00 bits per heavy atom. The Hall–Kier alpha value is -0.850. The molecule has 1 heterocycles. The van der Waals surface area contributed by atoms with Gasteiger partial charge in [-0.15, -0.1) is 0 Å². The zero-order valence-electron chi connectivity index (χ0n) is 17.8.